The highest BCUT2D eigenvalue weighted by molar-refractivity contribution is 6.31. The van der Waals surface area contributed by atoms with Gasteiger partial charge in [-0.1, -0.05) is 29.8 Å². The van der Waals surface area contributed by atoms with Gasteiger partial charge in [0.2, 0.25) is 0 Å². The number of rotatable bonds is 3. The van der Waals surface area contributed by atoms with Gasteiger partial charge < -0.3 is 24.8 Å². The third kappa shape index (κ3) is 3.61. The van der Waals surface area contributed by atoms with Crippen LogP contribution in [0.5, 0.6) is 0 Å². The average molecular weight is 428 g/mol. The fourth-order valence-corrected chi connectivity index (χ4v) is 5.11. The van der Waals surface area contributed by atoms with Crippen molar-refractivity contribution in [3.8, 4) is 0 Å². The van der Waals surface area contributed by atoms with Crippen LogP contribution in [0.2, 0.25) is 5.02 Å². The first-order chi connectivity index (χ1) is 14.6. The van der Waals surface area contributed by atoms with Crippen molar-refractivity contribution in [2.75, 3.05) is 61.6 Å². The van der Waals surface area contributed by atoms with Crippen molar-refractivity contribution in [2.45, 2.75) is 32.0 Å². The zero-order chi connectivity index (χ0) is 20.7. The molecule has 30 heavy (non-hydrogen) atoms. The van der Waals surface area contributed by atoms with Crippen molar-refractivity contribution in [2.24, 2.45) is 0 Å². The number of nitrogens with zero attached hydrogens (tertiary/aromatic N) is 4. The van der Waals surface area contributed by atoms with Gasteiger partial charge >= 0.3 is 0 Å². The number of hydrogen-bond donors (Lipinski definition) is 1. The summed E-state index contributed by atoms with van der Waals surface area (Å²) in [5.41, 5.74) is 4.56. The third-order valence-corrected chi connectivity index (χ3v) is 6.88. The molecule has 2 fully saturated rings. The molecule has 0 saturated carbocycles. The second kappa shape index (κ2) is 8.25. The molecule has 4 heterocycles. The minimum atomic E-state index is 0.00612. The number of anilines is 3. The molecule has 3 aliphatic heterocycles. The van der Waals surface area contributed by atoms with E-state index in [1.165, 1.54) is 5.69 Å². The Balaban J connectivity index is 1.58. The van der Waals surface area contributed by atoms with Gasteiger partial charge in [-0.25, -0.2) is 4.98 Å². The molecule has 7 heteroatoms. The van der Waals surface area contributed by atoms with Crippen LogP contribution in [0.1, 0.15) is 30.3 Å². The quantitative estimate of drug-likeness (QED) is 0.801. The van der Waals surface area contributed by atoms with Gasteiger partial charge in [0.15, 0.2) is 5.82 Å². The summed E-state index contributed by atoms with van der Waals surface area (Å²) in [5.74, 6) is 1.07. The normalized spacial score (nSPS) is 22.8. The lowest BCUT2D eigenvalue weighted by Crippen LogP contribution is -2.45. The molecule has 1 unspecified atom stereocenters. The molecule has 1 N–H and O–H groups in total. The number of ether oxygens (including phenoxy) is 1. The molecule has 6 nitrogen and oxygen atoms in total. The largest absolute Gasteiger partial charge is 0.381 e. The van der Waals surface area contributed by atoms with Crippen LogP contribution in [0, 0.1) is 6.92 Å². The number of aryl methyl sites for hydroxylation is 1. The minimum absolute atomic E-state index is 0.00612. The first-order valence-electron chi connectivity index (χ1n) is 10.9. The standard InChI is InChI=1S/C23H30ClN5O/c1-16-15-20-21(23(25-16)28-11-9-27(2)10-12-28)26-22(18-5-3-4-6-19(18)24)29(20)17-7-13-30-14-8-17/h3-6,15,17,22,26H,7-14H2,1-2H3. The second-order valence-electron chi connectivity index (χ2n) is 8.59. The van der Waals surface area contributed by atoms with E-state index in [1.807, 2.05) is 12.1 Å². The monoisotopic (exact) mass is 427 g/mol. The van der Waals surface area contributed by atoms with Crippen molar-refractivity contribution in [1.82, 2.24) is 9.88 Å². The summed E-state index contributed by atoms with van der Waals surface area (Å²) in [7, 11) is 2.18. The van der Waals surface area contributed by atoms with Crippen LogP contribution in [-0.2, 0) is 4.74 Å². The molecule has 0 amide bonds. The Bertz CT molecular complexity index is 908. The fourth-order valence-electron chi connectivity index (χ4n) is 4.87. The van der Waals surface area contributed by atoms with E-state index in [0.717, 1.165) is 80.0 Å². The molecule has 1 aromatic carbocycles. The number of hydrogen-bond acceptors (Lipinski definition) is 6. The number of pyridine rings is 1. The SMILES string of the molecule is Cc1cc2c(c(N3CCN(C)CC3)n1)NC(c1ccccc1Cl)N2C1CCOCC1. The predicted octanol–water partition coefficient (Wildman–Crippen LogP) is 3.90. The van der Waals surface area contributed by atoms with Gasteiger partial charge in [0, 0.05) is 61.7 Å². The van der Waals surface area contributed by atoms with Crippen LogP contribution in [0.3, 0.4) is 0 Å². The highest BCUT2D eigenvalue weighted by Crippen LogP contribution is 2.49. The maximum atomic E-state index is 6.66. The van der Waals surface area contributed by atoms with Crippen LogP contribution in [0.15, 0.2) is 30.3 Å². The molecule has 5 rings (SSSR count). The highest BCUT2D eigenvalue weighted by Gasteiger charge is 2.39. The van der Waals surface area contributed by atoms with Gasteiger partial charge in [-0.2, -0.15) is 0 Å². The van der Waals surface area contributed by atoms with E-state index < -0.39 is 0 Å². The predicted molar refractivity (Wildman–Crippen MR) is 123 cm³/mol. The van der Waals surface area contributed by atoms with E-state index in [9.17, 15) is 0 Å². The summed E-state index contributed by atoms with van der Waals surface area (Å²) in [6.45, 7) is 7.82. The smallest absolute Gasteiger partial charge is 0.154 e. The molecule has 0 bridgehead atoms. The Kier molecular flexibility index (Phi) is 5.48. The molecular formula is C23H30ClN5O. The Morgan fingerprint density at radius 1 is 1.10 bits per heavy atom. The highest BCUT2D eigenvalue weighted by atomic mass is 35.5. The summed E-state index contributed by atoms with van der Waals surface area (Å²) in [6.07, 6.45) is 2.05. The molecule has 3 aliphatic rings. The topological polar surface area (TPSA) is 43.9 Å². The zero-order valence-electron chi connectivity index (χ0n) is 17.8. The van der Waals surface area contributed by atoms with E-state index in [0.29, 0.717) is 6.04 Å². The van der Waals surface area contributed by atoms with Gasteiger partial charge in [0.25, 0.3) is 0 Å². The molecular weight excluding hydrogens is 398 g/mol. The van der Waals surface area contributed by atoms with Crippen molar-refractivity contribution >= 4 is 28.8 Å². The van der Waals surface area contributed by atoms with Crippen LogP contribution in [0.25, 0.3) is 0 Å². The molecule has 2 saturated heterocycles. The average Bonchev–Trinajstić information content (AvgIpc) is 3.13. The van der Waals surface area contributed by atoms with Crippen molar-refractivity contribution in [1.29, 1.82) is 0 Å². The molecule has 0 spiro atoms. The second-order valence-corrected chi connectivity index (χ2v) is 9.00. The summed E-state index contributed by atoms with van der Waals surface area (Å²) < 4.78 is 5.67. The Labute approximate surface area is 183 Å². The first-order valence-corrected chi connectivity index (χ1v) is 11.3. The Morgan fingerprint density at radius 3 is 2.57 bits per heavy atom. The Morgan fingerprint density at radius 2 is 1.83 bits per heavy atom. The zero-order valence-corrected chi connectivity index (χ0v) is 18.5. The van der Waals surface area contributed by atoms with Crippen LogP contribution >= 0.6 is 11.6 Å². The van der Waals surface area contributed by atoms with Crippen molar-refractivity contribution in [3.63, 3.8) is 0 Å². The van der Waals surface area contributed by atoms with E-state index in [4.69, 9.17) is 21.3 Å². The summed E-state index contributed by atoms with van der Waals surface area (Å²) in [6, 6.07) is 10.8. The van der Waals surface area contributed by atoms with Gasteiger partial charge in [-0.15, -0.1) is 0 Å². The van der Waals surface area contributed by atoms with Crippen molar-refractivity contribution < 1.29 is 4.74 Å². The first kappa shape index (κ1) is 19.9. The number of benzene rings is 1. The number of likely N-dealkylation sites (N-methyl/N-ethyl adjacent to an activating group) is 1. The number of piperazine rings is 1. The maximum absolute atomic E-state index is 6.66. The summed E-state index contributed by atoms with van der Waals surface area (Å²) in [5, 5.41) is 4.62. The molecule has 1 aromatic heterocycles. The van der Waals surface area contributed by atoms with E-state index in [2.05, 4.69) is 52.2 Å². The van der Waals surface area contributed by atoms with Gasteiger partial charge in [-0.3, -0.25) is 0 Å². The molecule has 2 aromatic rings. The van der Waals surface area contributed by atoms with Crippen LogP contribution < -0.4 is 15.1 Å². The number of halogens is 1. The summed E-state index contributed by atoms with van der Waals surface area (Å²) in [4.78, 5) is 12.3. The maximum Gasteiger partial charge on any atom is 0.154 e. The van der Waals surface area contributed by atoms with Gasteiger partial charge in [-0.05, 0) is 38.9 Å². The van der Waals surface area contributed by atoms with E-state index in [1.54, 1.807) is 0 Å². The Hall–Kier alpha value is -2.02. The van der Waals surface area contributed by atoms with Crippen molar-refractivity contribution in [3.05, 3.63) is 46.6 Å². The fraction of sp³-hybridized carbons (Fsp3) is 0.522. The van der Waals surface area contributed by atoms with E-state index >= 15 is 0 Å². The van der Waals surface area contributed by atoms with Crippen LogP contribution in [0.4, 0.5) is 17.2 Å². The molecule has 1 atom stereocenters. The van der Waals surface area contributed by atoms with Gasteiger partial charge in [0.1, 0.15) is 11.9 Å². The minimum Gasteiger partial charge on any atom is -0.381 e. The lowest BCUT2D eigenvalue weighted by Gasteiger charge is -2.37. The number of nitrogens with one attached hydrogen (secondary N) is 1. The lowest BCUT2D eigenvalue weighted by molar-refractivity contribution is 0.0834. The molecule has 0 aliphatic carbocycles. The number of fused-ring (bicyclic) bond motifs is 1. The third-order valence-electron chi connectivity index (χ3n) is 6.53. The van der Waals surface area contributed by atoms with E-state index in [-0.39, 0.29) is 6.17 Å². The molecule has 160 valence electrons. The van der Waals surface area contributed by atoms with Gasteiger partial charge in [0.05, 0.1) is 5.69 Å². The summed E-state index contributed by atoms with van der Waals surface area (Å²) >= 11 is 6.66. The molecule has 0 radical (unpaired) electrons. The lowest BCUT2D eigenvalue weighted by atomic mass is 10.0. The number of aromatic nitrogens is 1. The van der Waals surface area contributed by atoms with Crippen LogP contribution in [-0.4, -0.2) is 62.4 Å².